The third-order valence-electron chi connectivity index (χ3n) is 5.24. The predicted molar refractivity (Wildman–Crippen MR) is 101 cm³/mol. The van der Waals surface area contributed by atoms with Gasteiger partial charge in [-0.15, -0.1) is 10.2 Å². The fourth-order valence-electron chi connectivity index (χ4n) is 3.75. The van der Waals surface area contributed by atoms with Crippen LogP contribution in [0.15, 0.2) is 17.1 Å². The lowest BCUT2D eigenvalue weighted by molar-refractivity contribution is 0.140. The van der Waals surface area contributed by atoms with E-state index >= 15 is 0 Å². The van der Waals surface area contributed by atoms with Crippen LogP contribution in [0, 0.1) is 11.3 Å². The van der Waals surface area contributed by atoms with Crippen molar-refractivity contribution in [3.63, 3.8) is 0 Å². The molecule has 4 rings (SSSR count). The van der Waals surface area contributed by atoms with Crippen LogP contribution in [0.4, 0.5) is 4.79 Å². The molecule has 27 heavy (non-hydrogen) atoms. The van der Waals surface area contributed by atoms with Gasteiger partial charge in [-0.3, -0.25) is 9.55 Å². The summed E-state index contributed by atoms with van der Waals surface area (Å²) in [5.41, 5.74) is 1.55. The highest BCUT2D eigenvalue weighted by atomic mass is 16.2. The molecule has 3 aromatic heterocycles. The number of urea groups is 1. The molecule has 4 heterocycles. The molecule has 10 nitrogen and oxygen atoms in total. The molecule has 1 fully saturated rings. The Morgan fingerprint density at radius 2 is 2.26 bits per heavy atom. The van der Waals surface area contributed by atoms with E-state index < -0.39 is 0 Å². The third kappa shape index (κ3) is 2.96. The fraction of sp³-hybridized carbons (Fsp3) is 0.471. The molecule has 0 aromatic carbocycles. The van der Waals surface area contributed by atoms with Crippen molar-refractivity contribution in [2.75, 3.05) is 19.6 Å². The summed E-state index contributed by atoms with van der Waals surface area (Å²) in [5.74, 6) is 0.231. The lowest BCUT2D eigenvalue weighted by Gasteiger charge is -2.37. The number of piperidine rings is 1. The molecule has 142 valence electrons. The number of nitrogens with one attached hydrogen (secondary N) is 4. The molecule has 1 aliphatic heterocycles. The summed E-state index contributed by atoms with van der Waals surface area (Å²) in [6.45, 7) is 3.62. The van der Waals surface area contributed by atoms with Gasteiger partial charge < -0.3 is 20.6 Å². The van der Waals surface area contributed by atoms with E-state index in [-0.39, 0.29) is 23.7 Å². The first-order valence-electron chi connectivity index (χ1n) is 9.06. The van der Waals surface area contributed by atoms with Crippen molar-refractivity contribution in [1.82, 2.24) is 34.9 Å². The van der Waals surface area contributed by atoms with Crippen molar-refractivity contribution in [2.24, 2.45) is 5.92 Å². The molecule has 10 heteroatoms. The number of nitrogens with zero attached hydrogens (tertiary/aromatic N) is 4. The number of aromatic amines is 2. The molecule has 0 aliphatic carbocycles. The molecule has 3 aromatic rings. The first-order valence-corrected chi connectivity index (χ1v) is 9.06. The van der Waals surface area contributed by atoms with E-state index in [9.17, 15) is 9.59 Å². The Morgan fingerprint density at radius 3 is 3.07 bits per heavy atom. The number of likely N-dealkylation sites (tertiary alicyclic amines) is 1. The lowest BCUT2D eigenvalue weighted by Crippen LogP contribution is -2.49. The summed E-state index contributed by atoms with van der Waals surface area (Å²) in [5, 5.41) is 18.9. The van der Waals surface area contributed by atoms with E-state index in [0.29, 0.717) is 42.9 Å². The van der Waals surface area contributed by atoms with Gasteiger partial charge >= 0.3 is 11.7 Å². The molecular formula is C17H22N8O2. The Morgan fingerprint density at radius 1 is 1.44 bits per heavy atom. The smallest absolute Gasteiger partial charge is 0.328 e. The Labute approximate surface area is 154 Å². The second-order valence-electron chi connectivity index (χ2n) is 6.94. The number of hydrogen-bond donors (Lipinski definition) is 4. The van der Waals surface area contributed by atoms with Gasteiger partial charge in [0.1, 0.15) is 5.52 Å². The fourth-order valence-corrected chi connectivity index (χ4v) is 3.75. The predicted octanol–water partition coefficient (Wildman–Crippen LogP) is 1.23. The molecule has 2 unspecified atom stereocenters. The van der Waals surface area contributed by atoms with E-state index in [1.54, 1.807) is 15.7 Å². The Balaban J connectivity index is 1.70. The maximum absolute atomic E-state index is 12.7. The van der Waals surface area contributed by atoms with Gasteiger partial charge in [-0.2, -0.15) is 0 Å². The van der Waals surface area contributed by atoms with Crippen LogP contribution in [0.5, 0.6) is 0 Å². The number of rotatable bonds is 4. The topological polar surface area (TPSA) is 136 Å². The number of fused-ring (bicyclic) bond motifs is 3. The molecule has 2 amide bonds. The zero-order valence-electron chi connectivity index (χ0n) is 15.0. The standard InChI is InChI=1S/C17H22N8O2/c1-10-4-8-24(16(26)20-6-2-5-18)9-12(10)25-13-11-3-7-19-14(11)22-23-15(13)21-17(25)27/h3,5,7,10,12,18H,2,4,6,8-9H2,1H3,(H,19,22)(H,20,26)(H,21,23,27). The van der Waals surface area contributed by atoms with E-state index in [1.807, 2.05) is 6.07 Å². The number of hydrogen-bond acceptors (Lipinski definition) is 5. The van der Waals surface area contributed by atoms with E-state index in [4.69, 9.17) is 5.41 Å². The van der Waals surface area contributed by atoms with E-state index in [0.717, 1.165) is 11.8 Å². The minimum atomic E-state index is -0.240. The molecule has 1 aliphatic rings. The average molecular weight is 370 g/mol. The van der Waals surface area contributed by atoms with Crippen LogP contribution < -0.4 is 11.0 Å². The minimum absolute atomic E-state index is 0.157. The van der Waals surface area contributed by atoms with Crippen LogP contribution in [0.2, 0.25) is 0 Å². The van der Waals surface area contributed by atoms with Crippen LogP contribution in [0.25, 0.3) is 22.2 Å². The number of H-pyrrole nitrogens is 2. The van der Waals surface area contributed by atoms with Crippen molar-refractivity contribution in [2.45, 2.75) is 25.8 Å². The van der Waals surface area contributed by atoms with Crippen molar-refractivity contribution >= 4 is 34.4 Å². The van der Waals surface area contributed by atoms with Gasteiger partial charge in [0.25, 0.3) is 0 Å². The molecule has 1 saturated heterocycles. The third-order valence-corrected chi connectivity index (χ3v) is 5.24. The van der Waals surface area contributed by atoms with Gasteiger partial charge in [0.05, 0.1) is 6.04 Å². The van der Waals surface area contributed by atoms with Crippen LogP contribution in [0.1, 0.15) is 25.8 Å². The average Bonchev–Trinajstić information content (AvgIpc) is 3.25. The molecule has 2 atom stereocenters. The molecule has 0 spiro atoms. The number of carbonyl (C=O) groups is 1. The van der Waals surface area contributed by atoms with Crippen molar-refractivity contribution in [3.05, 3.63) is 22.7 Å². The van der Waals surface area contributed by atoms with Gasteiger partial charge in [-0.1, -0.05) is 6.92 Å². The number of aromatic nitrogens is 5. The van der Waals surface area contributed by atoms with Crippen LogP contribution in [-0.2, 0) is 0 Å². The molecule has 0 saturated carbocycles. The zero-order valence-corrected chi connectivity index (χ0v) is 15.0. The van der Waals surface area contributed by atoms with Crippen LogP contribution in [0.3, 0.4) is 0 Å². The van der Waals surface area contributed by atoms with Gasteiger partial charge in [0.15, 0.2) is 11.3 Å². The second kappa shape index (κ2) is 6.86. The Kier molecular flexibility index (Phi) is 4.38. The molecular weight excluding hydrogens is 348 g/mol. The highest BCUT2D eigenvalue weighted by molar-refractivity contribution is 5.99. The normalized spacial score (nSPS) is 20.3. The first-order chi connectivity index (χ1) is 13.1. The number of imidazole rings is 1. The summed E-state index contributed by atoms with van der Waals surface area (Å²) < 4.78 is 1.72. The molecule has 4 N–H and O–H groups in total. The van der Waals surface area contributed by atoms with Crippen LogP contribution in [-0.4, -0.2) is 61.5 Å². The van der Waals surface area contributed by atoms with Gasteiger partial charge in [-0.05, 0) is 31.0 Å². The highest BCUT2D eigenvalue weighted by Crippen LogP contribution is 2.30. The zero-order chi connectivity index (χ0) is 19.0. The summed E-state index contributed by atoms with van der Waals surface area (Å²) in [7, 11) is 0. The maximum atomic E-state index is 12.7. The van der Waals surface area contributed by atoms with Crippen molar-refractivity contribution < 1.29 is 4.79 Å². The van der Waals surface area contributed by atoms with Crippen LogP contribution >= 0.6 is 0 Å². The quantitative estimate of drug-likeness (QED) is 0.406. The number of carbonyl (C=O) groups excluding carboxylic acids is 1. The summed E-state index contributed by atoms with van der Waals surface area (Å²) in [6.07, 6.45) is 4.35. The second-order valence-corrected chi connectivity index (χ2v) is 6.94. The Bertz CT molecular complexity index is 1050. The van der Waals surface area contributed by atoms with Gasteiger partial charge in [0, 0.05) is 31.2 Å². The van der Waals surface area contributed by atoms with E-state index in [2.05, 4.69) is 32.4 Å². The largest absolute Gasteiger partial charge is 0.345 e. The van der Waals surface area contributed by atoms with Gasteiger partial charge in [-0.25, -0.2) is 9.59 Å². The highest BCUT2D eigenvalue weighted by Gasteiger charge is 2.32. The van der Waals surface area contributed by atoms with Crippen molar-refractivity contribution in [1.29, 1.82) is 5.41 Å². The monoisotopic (exact) mass is 370 g/mol. The summed E-state index contributed by atoms with van der Waals surface area (Å²) >= 11 is 0. The molecule has 0 radical (unpaired) electrons. The number of amides is 2. The van der Waals surface area contributed by atoms with Crippen molar-refractivity contribution in [3.8, 4) is 0 Å². The lowest BCUT2D eigenvalue weighted by atomic mass is 9.93. The van der Waals surface area contributed by atoms with E-state index in [1.165, 1.54) is 6.21 Å². The Hall–Kier alpha value is -3.17. The first kappa shape index (κ1) is 17.3. The SMILES string of the molecule is CC1CCN(C(=O)NCCC=N)CC1n1c(=O)[nH]c2nnc3[nH]ccc3c21. The van der Waals surface area contributed by atoms with Gasteiger partial charge in [0.2, 0.25) is 0 Å². The summed E-state index contributed by atoms with van der Waals surface area (Å²) in [6, 6.07) is 1.56. The minimum Gasteiger partial charge on any atom is -0.345 e. The molecule has 0 bridgehead atoms. The maximum Gasteiger partial charge on any atom is 0.328 e. The summed E-state index contributed by atoms with van der Waals surface area (Å²) in [4.78, 5) is 32.7.